The molecular formula is C15H16N2O2S2. The minimum atomic E-state index is -0.943. The minimum Gasteiger partial charge on any atom is -0.478 e. The van der Waals surface area contributed by atoms with E-state index >= 15 is 0 Å². The second kappa shape index (κ2) is 6.58. The van der Waals surface area contributed by atoms with Crippen LogP contribution in [0.4, 0.5) is 5.82 Å². The maximum atomic E-state index is 11.4. The normalized spacial score (nSPS) is 18.6. The Kier molecular flexibility index (Phi) is 4.55. The number of pyridine rings is 1. The molecule has 1 fully saturated rings. The molecular weight excluding hydrogens is 304 g/mol. The van der Waals surface area contributed by atoms with Crippen molar-refractivity contribution in [1.29, 1.82) is 0 Å². The fourth-order valence-electron chi connectivity index (χ4n) is 2.28. The van der Waals surface area contributed by atoms with Gasteiger partial charge in [0.2, 0.25) is 0 Å². The van der Waals surface area contributed by atoms with Gasteiger partial charge in [-0.3, -0.25) is 0 Å². The molecule has 1 aliphatic rings. The van der Waals surface area contributed by atoms with Gasteiger partial charge < -0.3 is 10.4 Å². The second-order valence-electron chi connectivity index (χ2n) is 4.83. The van der Waals surface area contributed by atoms with E-state index in [0.29, 0.717) is 11.1 Å². The monoisotopic (exact) mass is 320 g/mol. The molecule has 1 unspecified atom stereocenters. The smallest absolute Gasteiger partial charge is 0.339 e. The standard InChI is InChI=1S/C15H16N2O2S2/c18-15(19)12-7-10-3-1-2-4-13(10)17-14(12)16-8-11-9-20-5-6-21-11/h1-4,7,11H,5-6,8-9H2,(H,16,17)(H,18,19). The summed E-state index contributed by atoms with van der Waals surface area (Å²) in [4.78, 5) is 15.9. The number of aromatic nitrogens is 1. The molecule has 0 amide bonds. The average Bonchev–Trinajstić information content (AvgIpc) is 2.53. The van der Waals surface area contributed by atoms with E-state index in [9.17, 15) is 9.90 Å². The highest BCUT2D eigenvalue weighted by molar-refractivity contribution is 8.06. The van der Waals surface area contributed by atoms with Crippen molar-refractivity contribution < 1.29 is 9.90 Å². The molecule has 1 saturated heterocycles. The van der Waals surface area contributed by atoms with E-state index in [1.54, 1.807) is 6.07 Å². The molecule has 3 rings (SSSR count). The number of aromatic carboxylic acids is 1. The Balaban J connectivity index is 1.84. The summed E-state index contributed by atoms with van der Waals surface area (Å²) in [5.74, 6) is 3.00. The number of carbonyl (C=O) groups is 1. The minimum absolute atomic E-state index is 0.238. The van der Waals surface area contributed by atoms with Crippen LogP contribution in [0.1, 0.15) is 10.4 Å². The lowest BCUT2D eigenvalue weighted by Crippen LogP contribution is -2.24. The van der Waals surface area contributed by atoms with E-state index in [2.05, 4.69) is 10.3 Å². The molecule has 1 atom stereocenters. The second-order valence-corrected chi connectivity index (χ2v) is 7.39. The summed E-state index contributed by atoms with van der Waals surface area (Å²) in [6, 6.07) is 9.27. The van der Waals surface area contributed by atoms with Crippen molar-refractivity contribution in [3.05, 3.63) is 35.9 Å². The van der Waals surface area contributed by atoms with Gasteiger partial charge in [-0.1, -0.05) is 18.2 Å². The predicted octanol–water partition coefficient (Wildman–Crippen LogP) is 3.19. The summed E-state index contributed by atoms with van der Waals surface area (Å²) in [6.07, 6.45) is 0. The first-order valence-corrected chi connectivity index (χ1v) is 9.00. The van der Waals surface area contributed by atoms with Gasteiger partial charge in [0.15, 0.2) is 0 Å². The quantitative estimate of drug-likeness (QED) is 0.902. The molecule has 21 heavy (non-hydrogen) atoms. The molecule has 0 saturated carbocycles. The largest absolute Gasteiger partial charge is 0.478 e. The molecule has 1 aromatic carbocycles. The van der Waals surface area contributed by atoms with Crippen LogP contribution >= 0.6 is 23.5 Å². The summed E-state index contributed by atoms with van der Waals surface area (Å²) in [5.41, 5.74) is 1.05. The molecule has 110 valence electrons. The zero-order valence-corrected chi connectivity index (χ0v) is 13.0. The lowest BCUT2D eigenvalue weighted by Gasteiger charge is -2.21. The van der Waals surface area contributed by atoms with Crippen molar-refractivity contribution in [1.82, 2.24) is 4.98 Å². The van der Waals surface area contributed by atoms with Gasteiger partial charge in [0.1, 0.15) is 11.4 Å². The van der Waals surface area contributed by atoms with Gasteiger partial charge in [0.05, 0.1) is 5.52 Å². The van der Waals surface area contributed by atoms with Gasteiger partial charge in [0, 0.05) is 34.4 Å². The van der Waals surface area contributed by atoms with Crippen molar-refractivity contribution in [3.63, 3.8) is 0 Å². The fraction of sp³-hybridized carbons (Fsp3) is 0.333. The number of para-hydroxylation sites is 1. The van der Waals surface area contributed by atoms with E-state index in [0.717, 1.165) is 29.0 Å². The number of carboxylic acid groups (broad SMARTS) is 1. The Morgan fingerprint density at radius 2 is 2.24 bits per heavy atom. The Morgan fingerprint density at radius 1 is 1.38 bits per heavy atom. The molecule has 1 aliphatic heterocycles. The summed E-state index contributed by atoms with van der Waals surface area (Å²) in [6.45, 7) is 0.753. The van der Waals surface area contributed by atoms with Crippen LogP contribution in [0.15, 0.2) is 30.3 Å². The van der Waals surface area contributed by atoms with Gasteiger partial charge >= 0.3 is 5.97 Å². The molecule has 2 heterocycles. The van der Waals surface area contributed by atoms with E-state index < -0.39 is 5.97 Å². The number of carboxylic acids is 1. The van der Waals surface area contributed by atoms with Crippen LogP contribution in [-0.2, 0) is 0 Å². The maximum Gasteiger partial charge on any atom is 0.339 e. The Hall–Kier alpha value is -1.40. The van der Waals surface area contributed by atoms with Crippen molar-refractivity contribution >= 4 is 46.2 Å². The Bertz CT molecular complexity index is 657. The van der Waals surface area contributed by atoms with Gasteiger partial charge in [-0.15, -0.1) is 0 Å². The highest BCUT2D eigenvalue weighted by atomic mass is 32.2. The molecule has 0 radical (unpaired) electrons. The van der Waals surface area contributed by atoms with Crippen molar-refractivity contribution in [2.24, 2.45) is 0 Å². The summed E-state index contributed by atoms with van der Waals surface area (Å²) in [5, 5.41) is 14.0. The third kappa shape index (κ3) is 3.44. The third-order valence-corrected chi connectivity index (χ3v) is 6.18. The highest BCUT2D eigenvalue weighted by Crippen LogP contribution is 2.25. The van der Waals surface area contributed by atoms with Gasteiger partial charge in [-0.05, 0) is 12.1 Å². The van der Waals surface area contributed by atoms with E-state index in [4.69, 9.17) is 0 Å². The van der Waals surface area contributed by atoms with Crippen LogP contribution in [0.2, 0.25) is 0 Å². The van der Waals surface area contributed by atoms with Crippen LogP contribution in [0.3, 0.4) is 0 Å². The first kappa shape index (κ1) is 14.5. The first-order chi connectivity index (χ1) is 10.2. The van der Waals surface area contributed by atoms with Crippen LogP contribution in [0.25, 0.3) is 10.9 Å². The first-order valence-electron chi connectivity index (χ1n) is 6.80. The molecule has 0 spiro atoms. The van der Waals surface area contributed by atoms with Crippen molar-refractivity contribution in [2.75, 3.05) is 29.1 Å². The van der Waals surface area contributed by atoms with Crippen LogP contribution < -0.4 is 5.32 Å². The van der Waals surface area contributed by atoms with Crippen LogP contribution in [0, 0.1) is 0 Å². The topological polar surface area (TPSA) is 62.2 Å². The lowest BCUT2D eigenvalue weighted by atomic mass is 10.1. The highest BCUT2D eigenvalue weighted by Gasteiger charge is 2.17. The summed E-state index contributed by atoms with van der Waals surface area (Å²) >= 11 is 3.90. The van der Waals surface area contributed by atoms with E-state index in [-0.39, 0.29) is 5.56 Å². The summed E-state index contributed by atoms with van der Waals surface area (Å²) in [7, 11) is 0. The number of hydrogen-bond donors (Lipinski definition) is 2. The average molecular weight is 320 g/mol. The SMILES string of the molecule is O=C(O)c1cc2ccccc2nc1NCC1CSCCS1. The molecule has 2 N–H and O–H groups in total. The fourth-order valence-corrected chi connectivity index (χ4v) is 4.89. The number of nitrogens with one attached hydrogen (secondary N) is 1. The molecule has 4 nitrogen and oxygen atoms in total. The summed E-state index contributed by atoms with van der Waals surface area (Å²) < 4.78 is 0. The van der Waals surface area contributed by atoms with E-state index in [1.807, 2.05) is 47.8 Å². The number of thioether (sulfide) groups is 2. The van der Waals surface area contributed by atoms with Gasteiger partial charge in [-0.25, -0.2) is 9.78 Å². The van der Waals surface area contributed by atoms with Gasteiger partial charge in [0.25, 0.3) is 0 Å². The number of hydrogen-bond acceptors (Lipinski definition) is 5. The van der Waals surface area contributed by atoms with Crippen LogP contribution in [0.5, 0.6) is 0 Å². The van der Waals surface area contributed by atoms with Crippen LogP contribution in [-0.4, -0.2) is 45.1 Å². The number of anilines is 1. The van der Waals surface area contributed by atoms with E-state index in [1.165, 1.54) is 5.75 Å². The zero-order chi connectivity index (χ0) is 14.7. The Morgan fingerprint density at radius 3 is 3.00 bits per heavy atom. The van der Waals surface area contributed by atoms with Gasteiger partial charge in [-0.2, -0.15) is 23.5 Å². The maximum absolute atomic E-state index is 11.4. The number of benzene rings is 1. The predicted molar refractivity (Wildman–Crippen MR) is 90.8 cm³/mol. The molecule has 0 bridgehead atoms. The lowest BCUT2D eigenvalue weighted by molar-refractivity contribution is 0.0698. The molecule has 6 heteroatoms. The molecule has 0 aliphatic carbocycles. The third-order valence-electron chi connectivity index (χ3n) is 3.34. The number of fused-ring (bicyclic) bond motifs is 1. The molecule has 1 aromatic heterocycles. The van der Waals surface area contributed by atoms with Crippen molar-refractivity contribution in [3.8, 4) is 0 Å². The number of nitrogens with zero attached hydrogens (tertiary/aromatic N) is 1. The molecule has 2 aromatic rings. The Labute approximate surface area is 131 Å². The van der Waals surface area contributed by atoms with Crippen molar-refractivity contribution in [2.45, 2.75) is 5.25 Å². The number of rotatable bonds is 4. The zero-order valence-electron chi connectivity index (χ0n) is 11.4.